The van der Waals surface area contributed by atoms with Gasteiger partial charge in [0.05, 0.1) is 13.7 Å². The Bertz CT molecular complexity index is 1250. The minimum Gasteiger partial charge on any atom is -0.497 e. The van der Waals surface area contributed by atoms with Crippen LogP contribution in [0.3, 0.4) is 0 Å². The number of hydrogen-bond donors (Lipinski definition) is 5. The van der Waals surface area contributed by atoms with E-state index in [0.717, 1.165) is 47.5 Å². The molecule has 0 aliphatic carbocycles. The van der Waals surface area contributed by atoms with E-state index in [1.165, 1.54) is 5.56 Å². The predicted octanol–water partition coefficient (Wildman–Crippen LogP) is 3.60. The van der Waals surface area contributed by atoms with Gasteiger partial charge in [0.15, 0.2) is 0 Å². The molecule has 8 heteroatoms. The molecule has 1 fully saturated rings. The zero-order chi connectivity index (χ0) is 26.8. The number of methoxy groups -OCH3 is 1. The summed E-state index contributed by atoms with van der Waals surface area (Å²) in [6.07, 6.45) is -3.39. The molecule has 2 heterocycles. The van der Waals surface area contributed by atoms with Gasteiger partial charge in [-0.05, 0) is 71.3 Å². The molecule has 1 unspecified atom stereocenters. The Hall–Kier alpha value is -2.65. The lowest BCUT2D eigenvalue weighted by Crippen LogP contribution is -2.55. The van der Waals surface area contributed by atoms with Crippen molar-refractivity contribution in [2.45, 2.75) is 55.7 Å². The smallest absolute Gasteiger partial charge is 0.118 e. The Balaban J connectivity index is 1.55. The van der Waals surface area contributed by atoms with Gasteiger partial charge in [-0.1, -0.05) is 48.0 Å². The van der Waals surface area contributed by atoms with Crippen molar-refractivity contribution in [2.24, 2.45) is 0 Å². The number of aliphatic hydroxyl groups excluding tert-OH is 4. The van der Waals surface area contributed by atoms with Gasteiger partial charge in [0, 0.05) is 23.2 Å². The molecule has 0 bridgehead atoms. The highest BCUT2D eigenvalue weighted by atomic mass is 35.5. The minimum atomic E-state index is -1.45. The summed E-state index contributed by atoms with van der Waals surface area (Å²) in [7, 11) is 1.64. The summed E-state index contributed by atoms with van der Waals surface area (Å²) in [5.74, 6) is 0.681. The van der Waals surface area contributed by atoms with Gasteiger partial charge < -0.3 is 35.2 Å². The zero-order valence-corrected chi connectivity index (χ0v) is 22.0. The van der Waals surface area contributed by atoms with E-state index in [0.29, 0.717) is 17.0 Å². The average molecular weight is 540 g/mol. The Kier molecular flexibility index (Phi) is 8.23. The maximum absolute atomic E-state index is 10.7. The van der Waals surface area contributed by atoms with Crippen molar-refractivity contribution < 1.29 is 29.9 Å². The van der Waals surface area contributed by atoms with Gasteiger partial charge in [0.2, 0.25) is 0 Å². The maximum atomic E-state index is 10.7. The second-order valence-corrected chi connectivity index (χ2v) is 10.5. The number of benzene rings is 3. The Labute approximate surface area is 227 Å². The second kappa shape index (κ2) is 11.6. The molecule has 7 nitrogen and oxygen atoms in total. The fourth-order valence-electron chi connectivity index (χ4n) is 5.50. The van der Waals surface area contributed by atoms with Gasteiger partial charge in [-0.25, -0.2) is 0 Å². The first-order valence-corrected chi connectivity index (χ1v) is 13.4. The molecule has 3 aromatic carbocycles. The third-order valence-electron chi connectivity index (χ3n) is 7.69. The fraction of sp³-hybridized carbons (Fsp3) is 0.400. The van der Waals surface area contributed by atoms with Crippen LogP contribution in [0.1, 0.15) is 46.3 Å². The molecule has 0 saturated carbocycles. The molecule has 202 valence electrons. The lowest BCUT2D eigenvalue weighted by Gasteiger charge is -2.40. The van der Waals surface area contributed by atoms with Gasteiger partial charge in [0.25, 0.3) is 0 Å². The van der Waals surface area contributed by atoms with E-state index < -0.39 is 37.1 Å². The molecular formula is C30H34ClNO6. The number of nitrogens with one attached hydrogen (secondary N) is 1. The van der Waals surface area contributed by atoms with Crippen LogP contribution in [0, 0.1) is 0 Å². The van der Waals surface area contributed by atoms with Crippen LogP contribution in [0.25, 0.3) is 0 Å². The van der Waals surface area contributed by atoms with Gasteiger partial charge in [-0.3, -0.25) is 0 Å². The van der Waals surface area contributed by atoms with Gasteiger partial charge >= 0.3 is 0 Å². The molecular weight excluding hydrogens is 506 g/mol. The van der Waals surface area contributed by atoms with Crippen LogP contribution in [0.4, 0.5) is 5.69 Å². The van der Waals surface area contributed by atoms with Crippen LogP contribution in [0.5, 0.6) is 5.75 Å². The summed E-state index contributed by atoms with van der Waals surface area (Å²) in [6, 6.07) is 19.9. The first-order valence-electron chi connectivity index (χ1n) is 13.0. The number of hydrogen-bond acceptors (Lipinski definition) is 7. The highest BCUT2D eigenvalue weighted by Crippen LogP contribution is 2.40. The van der Waals surface area contributed by atoms with E-state index in [-0.39, 0.29) is 5.92 Å². The van der Waals surface area contributed by atoms with Crippen LogP contribution >= 0.6 is 11.6 Å². The molecule has 5 N–H and O–H groups in total. The van der Waals surface area contributed by atoms with Crippen molar-refractivity contribution in [1.29, 1.82) is 0 Å². The van der Waals surface area contributed by atoms with Crippen molar-refractivity contribution in [3.63, 3.8) is 0 Å². The molecule has 38 heavy (non-hydrogen) atoms. The largest absolute Gasteiger partial charge is 0.497 e. The Morgan fingerprint density at radius 3 is 2.53 bits per heavy atom. The maximum Gasteiger partial charge on any atom is 0.118 e. The number of fused-ring (bicyclic) bond motifs is 1. The predicted molar refractivity (Wildman–Crippen MR) is 146 cm³/mol. The van der Waals surface area contributed by atoms with E-state index in [1.54, 1.807) is 19.2 Å². The molecule has 1 saturated heterocycles. The minimum absolute atomic E-state index is 0.104. The van der Waals surface area contributed by atoms with Gasteiger partial charge in [-0.15, -0.1) is 0 Å². The highest BCUT2D eigenvalue weighted by Gasteiger charge is 2.44. The van der Waals surface area contributed by atoms with Crippen molar-refractivity contribution >= 4 is 17.3 Å². The van der Waals surface area contributed by atoms with Crippen molar-refractivity contribution in [3.05, 3.63) is 93.5 Å². The Morgan fingerprint density at radius 2 is 1.79 bits per heavy atom. The van der Waals surface area contributed by atoms with Crippen molar-refractivity contribution in [3.8, 4) is 5.75 Å². The lowest BCUT2D eigenvalue weighted by molar-refractivity contribution is -0.231. The first-order chi connectivity index (χ1) is 18.4. The highest BCUT2D eigenvalue weighted by molar-refractivity contribution is 6.31. The standard InChI is InChI=1S/C30H34ClNO6/c1-37-21-8-4-17(5-9-21)13-22(18-7-11-25-19(14-18)3-2-12-32-25)23-15-20(6-10-24(23)31)30-29(36)28(35)27(34)26(16-33)38-30/h4-11,14-15,22,26-30,32-36H,2-3,12-13,16H2,1H3/t22?,26-,27-,28+,29-,30+/m1/s1. The quantitative estimate of drug-likeness (QED) is 0.312. The van der Waals surface area contributed by atoms with Crippen LogP contribution in [-0.2, 0) is 17.6 Å². The van der Waals surface area contributed by atoms with Crippen molar-refractivity contribution in [2.75, 3.05) is 25.6 Å². The molecule has 0 aromatic heterocycles. The third kappa shape index (κ3) is 5.41. The molecule has 2 aliphatic rings. The van der Waals surface area contributed by atoms with E-state index in [1.807, 2.05) is 30.3 Å². The van der Waals surface area contributed by atoms with Gasteiger partial charge in [-0.2, -0.15) is 0 Å². The molecule has 3 aromatic rings. The number of ether oxygens (including phenoxy) is 2. The van der Waals surface area contributed by atoms with Crippen LogP contribution < -0.4 is 10.1 Å². The molecule has 6 atom stereocenters. The average Bonchev–Trinajstić information content (AvgIpc) is 2.95. The fourth-order valence-corrected chi connectivity index (χ4v) is 5.75. The molecule has 2 aliphatic heterocycles. The summed E-state index contributed by atoms with van der Waals surface area (Å²) in [5, 5.41) is 45.0. The summed E-state index contributed by atoms with van der Waals surface area (Å²) in [4.78, 5) is 0. The lowest BCUT2D eigenvalue weighted by atomic mass is 9.82. The number of halogens is 1. The molecule has 0 radical (unpaired) electrons. The molecule has 0 amide bonds. The van der Waals surface area contributed by atoms with Gasteiger partial charge in [0.1, 0.15) is 36.3 Å². The van der Waals surface area contributed by atoms with E-state index >= 15 is 0 Å². The number of rotatable bonds is 7. The summed E-state index contributed by atoms with van der Waals surface area (Å²) in [5.41, 5.74) is 6.14. The zero-order valence-electron chi connectivity index (χ0n) is 21.3. The van der Waals surface area contributed by atoms with E-state index in [9.17, 15) is 20.4 Å². The summed E-state index contributed by atoms with van der Waals surface area (Å²) >= 11 is 6.82. The van der Waals surface area contributed by atoms with Crippen molar-refractivity contribution in [1.82, 2.24) is 0 Å². The first kappa shape index (κ1) is 26.9. The third-order valence-corrected chi connectivity index (χ3v) is 8.03. The SMILES string of the molecule is COc1ccc(CC(c2ccc3c(c2)CCCN3)c2cc([C@@H]3O[C@H](CO)[C@@H](O)[C@H](O)[C@H]3O)ccc2Cl)cc1. The molecule has 5 rings (SSSR count). The summed E-state index contributed by atoms with van der Waals surface area (Å²) < 4.78 is 11.2. The number of aliphatic hydroxyl groups is 4. The topological polar surface area (TPSA) is 111 Å². The summed E-state index contributed by atoms with van der Waals surface area (Å²) in [6.45, 7) is 0.486. The molecule has 0 spiro atoms. The Morgan fingerprint density at radius 1 is 1.00 bits per heavy atom. The number of aryl methyl sites for hydroxylation is 1. The second-order valence-electron chi connectivity index (χ2n) is 10.1. The normalized spacial score (nSPS) is 25.8. The van der Waals surface area contributed by atoms with E-state index in [4.69, 9.17) is 21.1 Å². The van der Waals surface area contributed by atoms with E-state index in [2.05, 4.69) is 23.5 Å². The monoisotopic (exact) mass is 539 g/mol. The van der Waals surface area contributed by atoms with Crippen LogP contribution in [-0.4, -0.2) is 65.1 Å². The van der Waals surface area contributed by atoms with Crippen LogP contribution in [0.2, 0.25) is 5.02 Å². The van der Waals surface area contributed by atoms with Crippen LogP contribution in [0.15, 0.2) is 60.7 Å². The number of anilines is 1.